The molecule has 0 aliphatic heterocycles. The lowest BCUT2D eigenvalue weighted by Crippen LogP contribution is -2.53. The molecular formula is C11H19N3O6S. The molecular weight excluding hydrogens is 302 g/mol. The normalized spacial score (nSPS) is 12.5. The highest BCUT2D eigenvalue weighted by Gasteiger charge is 2.33. The van der Waals surface area contributed by atoms with Gasteiger partial charge in [-0.25, -0.2) is 13.1 Å². The van der Waals surface area contributed by atoms with Gasteiger partial charge in [-0.2, -0.15) is 5.10 Å². The van der Waals surface area contributed by atoms with E-state index in [0.717, 1.165) is 6.20 Å². The molecule has 0 atom stereocenters. The van der Waals surface area contributed by atoms with E-state index < -0.39 is 34.7 Å². The summed E-state index contributed by atoms with van der Waals surface area (Å²) in [5.41, 5.74) is -1.35. The second-order valence-electron chi connectivity index (χ2n) is 4.64. The van der Waals surface area contributed by atoms with E-state index in [4.69, 9.17) is 5.11 Å². The molecule has 21 heavy (non-hydrogen) atoms. The Bertz CT molecular complexity index is 570. The number of hydrogen-bond donors (Lipinski definition) is 4. The molecule has 0 aliphatic rings. The average molecular weight is 321 g/mol. The molecule has 0 amide bonds. The number of sulfonamides is 1. The number of carbonyl (C=O) groups is 1. The largest absolute Gasteiger partial charge is 0.481 e. The lowest BCUT2D eigenvalue weighted by Gasteiger charge is -2.28. The smallest absolute Gasteiger partial charge is 0.305 e. The number of carboxylic acids is 1. The van der Waals surface area contributed by atoms with Crippen LogP contribution in [0.25, 0.3) is 0 Å². The molecule has 0 spiro atoms. The molecule has 0 bridgehead atoms. The monoisotopic (exact) mass is 321 g/mol. The van der Waals surface area contributed by atoms with Gasteiger partial charge in [-0.05, 0) is 6.42 Å². The van der Waals surface area contributed by atoms with Gasteiger partial charge in [-0.3, -0.25) is 9.48 Å². The third kappa shape index (κ3) is 4.49. The second kappa shape index (κ2) is 6.98. The van der Waals surface area contributed by atoms with Crippen LogP contribution in [0.3, 0.4) is 0 Å². The summed E-state index contributed by atoms with van der Waals surface area (Å²) < 4.78 is 27.8. The minimum atomic E-state index is -3.97. The van der Waals surface area contributed by atoms with E-state index in [-0.39, 0.29) is 24.3 Å². The topological polar surface area (TPSA) is 142 Å². The fraction of sp³-hybridized carbons (Fsp3) is 0.636. The fourth-order valence-corrected chi connectivity index (χ4v) is 2.98. The standard InChI is InChI=1S/C11H19N3O6S/c1-2-11(7-15,8-16)13-21(19,20)9-5-12-14(6-9)4-3-10(17)18/h5-6,13,15-16H,2-4,7-8H2,1H3,(H,17,18). The van der Waals surface area contributed by atoms with E-state index in [1.54, 1.807) is 6.92 Å². The van der Waals surface area contributed by atoms with Crippen LogP contribution in [0.1, 0.15) is 19.8 Å². The molecule has 120 valence electrons. The van der Waals surface area contributed by atoms with E-state index in [0.29, 0.717) is 0 Å². The molecule has 9 nitrogen and oxygen atoms in total. The maximum atomic E-state index is 12.2. The van der Waals surface area contributed by atoms with Crippen LogP contribution in [0.2, 0.25) is 0 Å². The number of aliphatic hydroxyl groups excluding tert-OH is 2. The van der Waals surface area contributed by atoms with E-state index in [1.807, 2.05) is 0 Å². The zero-order chi connectivity index (χ0) is 16.1. The number of nitrogens with one attached hydrogen (secondary N) is 1. The Balaban J connectivity index is 2.90. The van der Waals surface area contributed by atoms with E-state index >= 15 is 0 Å². The molecule has 0 unspecified atom stereocenters. The number of nitrogens with zero attached hydrogens (tertiary/aromatic N) is 2. The van der Waals surface area contributed by atoms with Crippen LogP contribution in [0.4, 0.5) is 0 Å². The molecule has 1 heterocycles. The van der Waals surface area contributed by atoms with Crippen LogP contribution in [0.15, 0.2) is 17.3 Å². The number of aliphatic carboxylic acids is 1. The Morgan fingerprint density at radius 2 is 2.05 bits per heavy atom. The molecule has 0 fully saturated rings. The van der Waals surface area contributed by atoms with Crippen molar-refractivity contribution in [1.29, 1.82) is 0 Å². The number of rotatable bonds is 9. The summed E-state index contributed by atoms with van der Waals surface area (Å²) in [5.74, 6) is -1.02. The molecule has 0 aliphatic carbocycles. The quantitative estimate of drug-likeness (QED) is 0.446. The van der Waals surface area contributed by atoms with Crippen molar-refractivity contribution in [2.24, 2.45) is 0 Å². The lowest BCUT2D eigenvalue weighted by molar-refractivity contribution is -0.137. The van der Waals surface area contributed by atoms with Crippen molar-refractivity contribution in [3.8, 4) is 0 Å². The number of aromatic nitrogens is 2. The van der Waals surface area contributed by atoms with Crippen molar-refractivity contribution < 1.29 is 28.5 Å². The lowest BCUT2D eigenvalue weighted by atomic mass is 10.0. The van der Waals surface area contributed by atoms with Gasteiger partial charge < -0.3 is 15.3 Å². The Morgan fingerprint density at radius 1 is 1.43 bits per heavy atom. The first-order valence-electron chi connectivity index (χ1n) is 6.28. The third-order valence-corrected chi connectivity index (χ3v) is 4.64. The van der Waals surface area contributed by atoms with E-state index in [2.05, 4.69) is 9.82 Å². The predicted octanol–water partition coefficient (Wildman–Crippen LogP) is -1.23. The summed E-state index contributed by atoms with van der Waals surface area (Å²) in [5, 5.41) is 30.9. The van der Waals surface area contributed by atoms with Gasteiger partial charge >= 0.3 is 5.97 Å². The van der Waals surface area contributed by atoms with Crippen molar-refractivity contribution in [3.05, 3.63) is 12.4 Å². The maximum absolute atomic E-state index is 12.2. The zero-order valence-electron chi connectivity index (χ0n) is 11.6. The maximum Gasteiger partial charge on any atom is 0.305 e. The van der Waals surface area contributed by atoms with Crippen molar-refractivity contribution in [2.75, 3.05) is 13.2 Å². The molecule has 0 aromatic carbocycles. The first-order chi connectivity index (χ1) is 9.78. The van der Waals surface area contributed by atoms with Crippen LogP contribution < -0.4 is 4.72 Å². The minimum Gasteiger partial charge on any atom is -0.481 e. The molecule has 4 N–H and O–H groups in total. The van der Waals surface area contributed by atoms with Crippen LogP contribution in [-0.4, -0.2) is 58.2 Å². The average Bonchev–Trinajstić information content (AvgIpc) is 2.92. The summed E-state index contributed by atoms with van der Waals surface area (Å²) in [7, 11) is -3.97. The molecule has 0 saturated carbocycles. The van der Waals surface area contributed by atoms with Crippen molar-refractivity contribution in [3.63, 3.8) is 0 Å². The molecule has 0 radical (unpaired) electrons. The Kier molecular flexibility index (Phi) is 5.84. The van der Waals surface area contributed by atoms with Gasteiger partial charge in [-0.1, -0.05) is 6.92 Å². The summed E-state index contributed by atoms with van der Waals surface area (Å²) in [6.45, 7) is 0.577. The zero-order valence-corrected chi connectivity index (χ0v) is 12.4. The van der Waals surface area contributed by atoms with E-state index in [9.17, 15) is 23.4 Å². The van der Waals surface area contributed by atoms with Gasteiger partial charge in [0.25, 0.3) is 0 Å². The van der Waals surface area contributed by atoms with Crippen molar-refractivity contribution >= 4 is 16.0 Å². The number of carboxylic acid groups (broad SMARTS) is 1. The van der Waals surface area contributed by atoms with Gasteiger partial charge in [0.2, 0.25) is 10.0 Å². The number of aliphatic hydroxyl groups is 2. The van der Waals surface area contributed by atoms with Crippen molar-refractivity contribution in [1.82, 2.24) is 14.5 Å². The van der Waals surface area contributed by atoms with Crippen molar-refractivity contribution in [2.45, 2.75) is 36.7 Å². The van der Waals surface area contributed by atoms with Gasteiger partial charge in [0.1, 0.15) is 4.90 Å². The van der Waals surface area contributed by atoms with Gasteiger partial charge in [0.05, 0.1) is 37.9 Å². The number of aryl methyl sites for hydroxylation is 1. The summed E-state index contributed by atoms with van der Waals surface area (Å²) in [6.07, 6.45) is 2.30. The van der Waals surface area contributed by atoms with E-state index in [1.165, 1.54) is 10.9 Å². The van der Waals surface area contributed by atoms with Gasteiger partial charge in [0.15, 0.2) is 0 Å². The molecule has 10 heteroatoms. The SMILES string of the molecule is CCC(CO)(CO)NS(=O)(=O)c1cnn(CCC(=O)O)c1. The summed E-state index contributed by atoms with van der Waals surface area (Å²) in [6, 6.07) is 0. The Hall–Kier alpha value is -1.49. The van der Waals surface area contributed by atoms with Crippen LogP contribution in [-0.2, 0) is 21.4 Å². The highest BCUT2D eigenvalue weighted by Crippen LogP contribution is 2.15. The molecule has 1 rings (SSSR count). The minimum absolute atomic E-state index is 0.0454. The first-order valence-corrected chi connectivity index (χ1v) is 7.77. The van der Waals surface area contributed by atoms with Gasteiger partial charge in [0, 0.05) is 6.20 Å². The number of hydrogen-bond acceptors (Lipinski definition) is 6. The highest BCUT2D eigenvalue weighted by molar-refractivity contribution is 7.89. The Morgan fingerprint density at radius 3 is 2.52 bits per heavy atom. The first kappa shape index (κ1) is 17.6. The summed E-state index contributed by atoms with van der Waals surface area (Å²) in [4.78, 5) is 10.3. The third-order valence-electron chi connectivity index (χ3n) is 3.11. The van der Waals surface area contributed by atoms with Crippen LogP contribution in [0, 0.1) is 0 Å². The predicted molar refractivity (Wildman–Crippen MR) is 72.0 cm³/mol. The van der Waals surface area contributed by atoms with Crippen LogP contribution >= 0.6 is 0 Å². The molecule has 1 aromatic rings. The second-order valence-corrected chi connectivity index (χ2v) is 6.32. The van der Waals surface area contributed by atoms with Crippen LogP contribution in [0.5, 0.6) is 0 Å². The highest BCUT2D eigenvalue weighted by atomic mass is 32.2. The fourth-order valence-electron chi connectivity index (χ4n) is 1.57. The van der Waals surface area contributed by atoms with Gasteiger partial charge in [-0.15, -0.1) is 0 Å². The molecule has 1 aromatic heterocycles. The summed E-state index contributed by atoms with van der Waals surface area (Å²) >= 11 is 0. The molecule has 0 saturated heterocycles. The Labute approximate surface area is 122 Å².